The number of benzene rings is 1. The van der Waals surface area contributed by atoms with Crippen molar-refractivity contribution in [2.45, 2.75) is 32.9 Å². The molecule has 0 aromatic heterocycles. The Morgan fingerprint density at radius 1 is 1.32 bits per heavy atom. The molecule has 126 valence electrons. The fraction of sp³-hybridized carbons (Fsp3) is 0.562. The Labute approximate surface area is 150 Å². The van der Waals surface area contributed by atoms with Gasteiger partial charge >= 0.3 is 0 Å². The molecular weight excluding hydrogens is 393 g/mol. The number of ether oxygens (including phenoxy) is 1. The highest BCUT2D eigenvalue weighted by atomic mass is 127. The van der Waals surface area contributed by atoms with Gasteiger partial charge in [-0.3, -0.25) is 4.99 Å². The van der Waals surface area contributed by atoms with Gasteiger partial charge < -0.3 is 20.5 Å². The number of aliphatic hydroxyl groups excluding tert-OH is 1. The van der Waals surface area contributed by atoms with E-state index in [9.17, 15) is 5.11 Å². The Hall–Kier alpha value is -0.860. The fourth-order valence-corrected chi connectivity index (χ4v) is 1.92. The number of aryl methyl sites for hydroxylation is 1. The number of halogens is 1. The zero-order chi connectivity index (χ0) is 15.7. The topological polar surface area (TPSA) is 65.9 Å². The Morgan fingerprint density at radius 2 is 1.95 bits per heavy atom. The molecule has 5 nitrogen and oxygen atoms in total. The number of aliphatic hydroxyl groups is 1. The molecule has 0 heterocycles. The van der Waals surface area contributed by atoms with Crippen molar-refractivity contribution in [2.75, 3.05) is 26.8 Å². The summed E-state index contributed by atoms with van der Waals surface area (Å²) in [5, 5.41) is 16.6. The fourth-order valence-electron chi connectivity index (χ4n) is 1.92. The number of methoxy groups -OCH3 is 1. The van der Waals surface area contributed by atoms with Crippen LogP contribution in [0.4, 0.5) is 0 Å². The first kappa shape index (κ1) is 21.1. The molecule has 2 atom stereocenters. The van der Waals surface area contributed by atoms with Crippen LogP contribution < -0.4 is 10.6 Å². The molecule has 2 unspecified atom stereocenters. The lowest BCUT2D eigenvalue weighted by Gasteiger charge is -2.17. The Balaban J connectivity index is 0.00000441. The molecule has 1 aromatic carbocycles. The van der Waals surface area contributed by atoms with Gasteiger partial charge in [0.25, 0.3) is 0 Å². The monoisotopic (exact) mass is 421 g/mol. The van der Waals surface area contributed by atoms with Crippen LogP contribution in [0.2, 0.25) is 0 Å². The van der Waals surface area contributed by atoms with Gasteiger partial charge in [0.1, 0.15) is 0 Å². The highest BCUT2D eigenvalue weighted by Crippen LogP contribution is 2.13. The molecule has 0 aliphatic rings. The summed E-state index contributed by atoms with van der Waals surface area (Å²) < 4.78 is 5.09. The summed E-state index contributed by atoms with van der Waals surface area (Å²) in [4.78, 5) is 4.42. The van der Waals surface area contributed by atoms with Crippen molar-refractivity contribution in [1.82, 2.24) is 10.6 Å². The number of hydrogen-bond acceptors (Lipinski definition) is 3. The molecule has 3 N–H and O–H groups in total. The maximum atomic E-state index is 10.2. The van der Waals surface area contributed by atoms with Crippen LogP contribution in [0.25, 0.3) is 0 Å². The van der Waals surface area contributed by atoms with E-state index in [0.29, 0.717) is 19.1 Å². The van der Waals surface area contributed by atoms with E-state index >= 15 is 0 Å². The number of aliphatic imine (C=N–C) groups is 1. The third-order valence-electron chi connectivity index (χ3n) is 3.03. The molecule has 1 rings (SSSR count). The zero-order valence-corrected chi connectivity index (χ0v) is 16.1. The first-order valence-corrected chi connectivity index (χ1v) is 7.35. The lowest BCUT2D eigenvalue weighted by molar-refractivity contribution is 0.178. The first-order chi connectivity index (χ1) is 10.1. The van der Waals surface area contributed by atoms with Gasteiger partial charge in [-0.25, -0.2) is 0 Å². The summed E-state index contributed by atoms with van der Waals surface area (Å²) in [6, 6.07) is 8.01. The second kappa shape index (κ2) is 11.7. The third kappa shape index (κ3) is 7.95. The molecule has 0 spiro atoms. The normalized spacial score (nSPS) is 14.0. The van der Waals surface area contributed by atoms with Crippen LogP contribution in [-0.2, 0) is 4.74 Å². The standard InChI is InChI=1S/C16H27N3O2.HI/c1-5-17-16(19-13(3)11-21-4)18-10-15(20)14-8-6-12(2)7-9-14;/h6-9,13,15,20H,5,10-11H2,1-4H3,(H2,17,18,19);1H. The molecule has 0 fully saturated rings. The summed E-state index contributed by atoms with van der Waals surface area (Å²) in [5.41, 5.74) is 2.06. The summed E-state index contributed by atoms with van der Waals surface area (Å²) in [5.74, 6) is 0.688. The van der Waals surface area contributed by atoms with E-state index in [1.807, 2.05) is 45.0 Å². The van der Waals surface area contributed by atoms with Crippen molar-refractivity contribution in [3.8, 4) is 0 Å². The Kier molecular flexibility index (Phi) is 11.2. The van der Waals surface area contributed by atoms with Gasteiger partial charge in [0.2, 0.25) is 0 Å². The van der Waals surface area contributed by atoms with Gasteiger partial charge in [-0.2, -0.15) is 0 Å². The highest BCUT2D eigenvalue weighted by Gasteiger charge is 2.08. The van der Waals surface area contributed by atoms with E-state index in [1.54, 1.807) is 7.11 Å². The molecule has 0 bridgehead atoms. The van der Waals surface area contributed by atoms with E-state index in [4.69, 9.17) is 4.74 Å². The van der Waals surface area contributed by atoms with Crippen molar-refractivity contribution in [3.05, 3.63) is 35.4 Å². The molecule has 0 radical (unpaired) electrons. The van der Waals surface area contributed by atoms with Gasteiger partial charge in [0.15, 0.2) is 5.96 Å². The van der Waals surface area contributed by atoms with Crippen molar-refractivity contribution < 1.29 is 9.84 Å². The molecule has 0 aliphatic carbocycles. The zero-order valence-electron chi connectivity index (χ0n) is 13.8. The van der Waals surface area contributed by atoms with Crippen molar-refractivity contribution >= 4 is 29.9 Å². The van der Waals surface area contributed by atoms with Crippen LogP contribution in [0.1, 0.15) is 31.1 Å². The second-order valence-electron chi connectivity index (χ2n) is 5.15. The number of guanidine groups is 1. The van der Waals surface area contributed by atoms with Crippen LogP contribution >= 0.6 is 24.0 Å². The second-order valence-corrected chi connectivity index (χ2v) is 5.15. The molecule has 0 amide bonds. The lowest BCUT2D eigenvalue weighted by Crippen LogP contribution is -2.44. The van der Waals surface area contributed by atoms with Crippen LogP contribution in [0.15, 0.2) is 29.3 Å². The Morgan fingerprint density at radius 3 is 2.50 bits per heavy atom. The molecule has 6 heteroatoms. The minimum atomic E-state index is -0.598. The van der Waals surface area contributed by atoms with Crippen LogP contribution in [-0.4, -0.2) is 43.9 Å². The maximum Gasteiger partial charge on any atom is 0.191 e. The molecule has 1 aromatic rings. The van der Waals surface area contributed by atoms with Gasteiger partial charge in [0.05, 0.1) is 19.3 Å². The average Bonchev–Trinajstić information content (AvgIpc) is 2.45. The predicted octanol–water partition coefficient (Wildman–Crippen LogP) is 2.24. The minimum absolute atomic E-state index is 0. The van der Waals surface area contributed by atoms with Crippen LogP contribution in [0.5, 0.6) is 0 Å². The minimum Gasteiger partial charge on any atom is -0.386 e. The molecule has 0 saturated heterocycles. The third-order valence-corrected chi connectivity index (χ3v) is 3.03. The highest BCUT2D eigenvalue weighted by molar-refractivity contribution is 14.0. The van der Waals surface area contributed by atoms with Crippen LogP contribution in [0, 0.1) is 6.92 Å². The summed E-state index contributed by atoms with van der Waals surface area (Å²) in [6.07, 6.45) is -0.598. The van der Waals surface area contributed by atoms with Gasteiger partial charge in [0, 0.05) is 19.7 Å². The summed E-state index contributed by atoms with van der Waals surface area (Å²) >= 11 is 0. The molecule has 0 aliphatic heterocycles. The van der Waals surface area contributed by atoms with Crippen molar-refractivity contribution in [2.24, 2.45) is 4.99 Å². The molecular formula is C16H28IN3O2. The van der Waals surface area contributed by atoms with Gasteiger partial charge in [-0.1, -0.05) is 29.8 Å². The van der Waals surface area contributed by atoms with Crippen molar-refractivity contribution in [3.63, 3.8) is 0 Å². The van der Waals surface area contributed by atoms with E-state index in [1.165, 1.54) is 5.56 Å². The van der Waals surface area contributed by atoms with E-state index in [2.05, 4.69) is 15.6 Å². The lowest BCUT2D eigenvalue weighted by atomic mass is 10.1. The number of nitrogens with one attached hydrogen (secondary N) is 2. The Bertz CT molecular complexity index is 438. The molecule has 0 saturated carbocycles. The van der Waals surface area contributed by atoms with Crippen LogP contribution in [0.3, 0.4) is 0 Å². The number of rotatable bonds is 7. The predicted molar refractivity (Wildman–Crippen MR) is 102 cm³/mol. The van der Waals surface area contributed by atoms with E-state index in [-0.39, 0.29) is 30.0 Å². The molecule has 22 heavy (non-hydrogen) atoms. The quantitative estimate of drug-likeness (QED) is 0.359. The van der Waals surface area contributed by atoms with Crippen molar-refractivity contribution in [1.29, 1.82) is 0 Å². The smallest absolute Gasteiger partial charge is 0.191 e. The summed E-state index contributed by atoms with van der Waals surface area (Å²) in [7, 11) is 1.67. The van der Waals surface area contributed by atoms with E-state index in [0.717, 1.165) is 12.1 Å². The maximum absolute atomic E-state index is 10.2. The van der Waals surface area contributed by atoms with Gasteiger partial charge in [-0.05, 0) is 26.3 Å². The van der Waals surface area contributed by atoms with Gasteiger partial charge in [-0.15, -0.1) is 24.0 Å². The average molecular weight is 421 g/mol. The van der Waals surface area contributed by atoms with E-state index < -0.39 is 6.10 Å². The number of hydrogen-bond donors (Lipinski definition) is 3. The SMILES string of the molecule is CCNC(=NCC(O)c1ccc(C)cc1)NC(C)COC.I. The first-order valence-electron chi connectivity index (χ1n) is 7.35. The number of nitrogens with zero attached hydrogens (tertiary/aromatic N) is 1. The largest absolute Gasteiger partial charge is 0.386 e. The summed E-state index contributed by atoms with van der Waals surface area (Å²) in [6.45, 7) is 7.75.